The van der Waals surface area contributed by atoms with Crippen LogP contribution in [0.1, 0.15) is 117 Å². The number of nitrogens with one attached hydrogen (secondary N) is 2. The minimum atomic E-state index is -4.62. The Morgan fingerprint density at radius 1 is 1.07 bits per heavy atom. The molecule has 1 aromatic carbocycles. The van der Waals surface area contributed by atoms with Crippen molar-refractivity contribution in [1.29, 1.82) is 0 Å². The maximum Gasteiger partial charge on any atom is 0.443 e. The van der Waals surface area contributed by atoms with Crippen LogP contribution in [0.15, 0.2) is 35.7 Å². The molecule has 2 aliphatic heterocycles. The van der Waals surface area contributed by atoms with Gasteiger partial charge < -0.3 is 19.7 Å². The largest absolute Gasteiger partial charge is 0.459 e. The number of hydrogen-bond donors (Lipinski definition) is 2. The molecule has 61 heavy (non-hydrogen) atoms. The smallest absolute Gasteiger partial charge is 0.443 e. The van der Waals surface area contributed by atoms with Crippen molar-refractivity contribution in [3.05, 3.63) is 40.7 Å². The molecule has 2 saturated carbocycles. The van der Waals surface area contributed by atoms with E-state index in [2.05, 4.69) is 15.0 Å². The van der Waals surface area contributed by atoms with Gasteiger partial charge in [-0.3, -0.25) is 23.7 Å². The number of halogens is 3. The van der Waals surface area contributed by atoms with E-state index in [0.717, 1.165) is 12.8 Å². The molecule has 2 aliphatic carbocycles. The number of ketones is 1. The lowest BCUT2D eigenvalue weighted by atomic mass is 9.91. The predicted octanol–water partition coefficient (Wildman–Crippen LogP) is 7.49. The number of nitrogens with zero attached hydrogens (tertiary/aromatic N) is 4. The topological polar surface area (TPSA) is 179 Å². The van der Waals surface area contributed by atoms with E-state index in [1.165, 1.54) is 10.3 Å². The van der Waals surface area contributed by atoms with Crippen LogP contribution in [-0.2, 0) is 35.3 Å². The van der Waals surface area contributed by atoms with Crippen LogP contribution in [0.5, 0.6) is 6.01 Å². The number of aromatic nitrogens is 3. The van der Waals surface area contributed by atoms with Gasteiger partial charge in [-0.15, -0.1) is 11.3 Å². The van der Waals surface area contributed by atoms with Gasteiger partial charge in [0.25, 0.3) is 6.01 Å². The van der Waals surface area contributed by atoms with Gasteiger partial charge in [-0.25, -0.2) is 18.2 Å². The third-order valence-electron chi connectivity index (χ3n) is 12.0. The summed E-state index contributed by atoms with van der Waals surface area (Å²) in [6, 6.07) is 2.76. The number of rotatable bonds is 8. The Hall–Kier alpha value is -4.52. The van der Waals surface area contributed by atoms with Crippen molar-refractivity contribution in [3.63, 3.8) is 0 Å². The molecule has 3 fully saturated rings. The highest BCUT2D eigenvalue weighted by Gasteiger charge is 2.62. The average molecular weight is 891 g/mol. The summed E-state index contributed by atoms with van der Waals surface area (Å²) in [6.07, 6.45) is 1.29. The first-order chi connectivity index (χ1) is 28.5. The number of alkyl halides is 3. The highest BCUT2D eigenvalue weighted by molar-refractivity contribution is 7.91. The SMILES string of the molecule is CC(C)n1c(O[C@@H]2C[C@H]3C(=O)C[C@]4(C(=O)NS(=O)(=O)C5(C)CC5)C[C@H]4/C=C\CCCCC[C@H](NC(=O)OC(C)(C)C)C(=O)N3C2)nc2c(-c3csc(C(F)(F)F)n3)cccc21. The van der Waals surface area contributed by atoms with Gasteiger partial charge in [0.15, 0.2) is 10.8 Å². The quantitative estimate of drug-likeness (QED) is 0.216. The Kier molecular flexibility index (Phi) is 11.9. The van der Waals surface area contributed by atoms with Gasteiger partial charge in [0.2, 0.25) is 21.8 Å². The van der Waals surface area contributed by atoms with Crippen LogP contribution >= 0.6 is 11.3 Å². The van der Waals surface area contributed by atoms with Crippen LogP contribution in [0, 0.1) is 11.3 Å². The molecule has 4 heterocycles. The van der Waals surface area contributed by atoms with Gasteiger partial charge >= 0.3 is 12.3 Å². The summed E-state index contributed by atoms with van der Waals surface area (Å²) < 4.78 is 82.2. The van der Waals surface area contributed by atoms with Crippen LogP contribution in [0.4, 0.5) is 18.0 Å². The molecule has 2 N–H and O–H groups in total. The molecule has 14 nitrogen and oxygen atoms in total. The monoisotopic (exact) mass is 890 g/mol. The fourth-order valence-electron chi connectivity index (χ4n) is 8.30. The molecule has 0 radical (unpaired) electrons. The number of Topliss-reactive ketones (excluding diaryl/α,β-unsaturated/α-hetero) is 1. The van der Waals surface area contributed by atoms with Crippen molar-refractivity contribution in [2.75, 3.05) is 6.54 Å². The Labute approximate surface area is 357 Å². The molecule has 3 aromatic rings. The van der Waals surface area contributed by atoms with Crippen molar-refractivity contribution < 1.29 is 50.2 Å². The molecule has 3 amide bonds. The summed E-state index contributed by atoms with van der Waals surface area (Å²) in [5.41, 5.74) is -0.823. The third kappa shape index (κ3) is 9.32. The first kappa shape index (κ1) is 44.5. The molecule has 332 valence electrons. The van der Waals surface area contributed by atoms with E-state index in [-0.39, 0.29) is 50.0 Å². The Morgan fingerprint density at radius 2 is 1.80 bits per heavy atom. The Morgan fingerprint density at radius 3 is 2.46 bits per heavy atom. The highest BCUT2D eigenvalue weighted by atomic mass is 32.2. The van der Waals surface area contributed by atoms with Crippen molar-refractivity contribution in [2.45, 2.75) is 147 Å². The molecule has 7 rings (SSSR count). The van der Waals surface area contributed by atoms with Crippen molar-refractivity contribution in [3.8, 4) is 17.3 Å². The summed E-state index contributed by atoms with van der Waals surface area (Å²) >= 11 is 0.480. The van der Waals surface area contributed by atoms with Crippen LogP contribution < -0.4 is 14.8 Å². The van der Waals surface area contributed by atoms with E-state index in [9.17, 15) is 40.8 Å². The molecule has 4 aliphatic rings. The van der Waals surface area contributed by atoms with Crippen molar-refractivity contribution in [1.82, 2.24) is 29.5 Å². The summed E-state index contributed by atoms with van der Waals surface area (Å²) in [5.74, 6) is -2.14. The Balaban J connectivity index is 1.23. The number of allylic oxidation sites excluding steroid dienone is 2. The van der Waals surface area contributed by atoms with Gasteiger partial charge in [0.1, 0.15) is 23.3 Å². The normalized spacial score (nSPS) is 26.5. The van der Waals surface area contributed by atoms with Gasteiger partial charge in [0.05, 0.1) is 34.0 Å². The minimum Gasteiger partial charge on any atom is -0.459 e. The molecular weight excluding hydrogens is 838 g/mol. The second-order valence-corrected chi connectivity index (χ2v) is 21.4. The summed E-state index contributed by atoms with van der Waals surface area (Å²) in [7, 11) is -4.01. The maximum absolute atomic E-state index is 14.7. The van der Waals surface area contributed by atoms with Crippen LogP contribution in [0.2, 0.25) is 0 Å². The summed E-state index contributed by atoms with van der Waals surface area (Å²) in [5, 5.41) is 3.06. The number of imidazole rings is 1. The number of alkyl carbamates (subject to hydrolysis) is 1. The fourth-order valence-corrected chi connectivity index (χ4v) is 10.3. The fraction of sp³-hybridized carbons (Fsp3) is 0.619. The lowest BCUT2D eigenvalue weighted by Gasteiger charge is -2.30. The average Bonchev–Trinajstić information content (AvgIpc) is 3.81. The lowest BCUT2D eigenvalue weighted by Crippen LogP contribution is -2.53. The van der Waals surface area contributed by atoms with Crippen molar-refractivity contribution in [2.24, 2.45) is 11.3 Å². The predicted molar refractivity (Wildman–Crippen MR) is 221 cm³/mol. The molecule has 0 spiro atoms. The molecule has 2 aromatic heterocycles. The number of para-hydroxylation sites is 1. The zero-order valence-electron chi connectivity index (χ0n) is 35.1. The van der Waals surface area contributed by atoms with Gasteiger partial charge in [0, 0.05) is 29.8 Å². The molecule has 5 atom stereocenters. The number of ether oxygens (including phenoxy) is 2. The number of thiazole rings is 1. The molecular formula is C42H53F3N6O8S2. The zero-order chi connectivity index (χ0) is 44.3. The van der Waals surface area contributed by atoms with E-state index in [4.69, 9.17) is 14.5 Å². The van der Waals surface area contributed by atoms with Gasteiger partial charge in [-0.05, 0) is 92.1 Å². The minimum absolute atomic E-state index is 0.0203. The molecule has 0 bridgehead atoms. The number of sulfonamides is 1. The van der Waals surface area contributed by atoms with E-state index in [1.807, 2.05) is 26.0 Å². The third-order valence-corrected chi connectivity index (χ3v) is 15.1. The molecule has 1 saturated heterocycles. The van der Waals surface area contributed by atoms with Crippen LogP contribution in [-0.4, -0.2) is 86.6 Å². The maximum atomic E-state index is 14.7. The van der Waals surface area contributed by atoms with E-state index in [1.54, 1.807) is 50.5 Å². The van der Waals surface area contributed by atoms with Crippen LogP contribution in [0.25, 0.3) is 22.3 Å². The number of benzene rings is 1. The number of amides is 3. The number of carbonyl (C=O) groups excluding carboxylic acids is 4. The highest BCUT2D eigenvalue weighted by Crippen LogP contribution is 2.57. The lowest BCUT2D eigenvalue weighted by molar-refractivity contribution is -0.140. The second kappa shape index (κ2) is 16.3. The van der Waals surface area contributed by atoms with E-state index >= 15 is 0 Å². The zero-order valence-corrected chi connectivity index (χ0v) is 36.8. The van der Waals surface area contributed by atoms with Gasteiger partial charge in [-0.1, -0.05) is 37.1 Å². The number of carbonyl (C=O) groups is 4. The number of hydrogen-bond acceptors (Lipinski definition) is 11. The first-order valence-electron chi connectivity index (χ1n) is 20.8. The molecule has 19 heteroatoms. The summed E-state index contributed by atoms with van der Waals surface area (Å²) in [6.45, 7) is 10.4. The Bertz CT molecular complexity index is 2350. The molecule has 0 unspecified atom stereocenters. The van der Waals surface area contributed by atoms with Gasteiger partial charge in [-0.2, -0.15) is 18.2 Å². The second-order valence-electron chi connectivity index (χ2n) is 18.3. The van der Waals surface area contributed by atoms with Crippen LogP contribution in [0.3, 0.4) is 0 Å². The number of fused-ring (bicyclic) bond motifs is 3. The van der Waals surface area contributed by atoms with E-state index in [0.29, 0.717) is 53.6 Å². The summed E-state index contributed by atoms with van der Waals surface area (Å²) in [4.78, 5) is 66.4. The standard InChI is InChI=1S/C42H53F3N6O8S2/c1-24(2)51-30-16-12-14-27(29-23-60-36(46-29)42(43,44)45)33(30)48-37(51)58-26-19-31-32(52)21-41(35(54)49-61(56,57)40(6)17-18-40)20-25(41)13-10-8-7-9-11-15-28(34(53)50(31)22-26)47-38(55)59-39(3,4)5/h10,12-14,16,23-26,28,31H,7-9,11,15,17-22H2,1-6H3,(H,47,55)(H,49,54)/b13-10-/t25-,26-,28+,31+,41-/m1/s1. The first-order valence-corrected chi connectivity index (χ1v) is 23.1. The van der Waals surface area contributed by atoms with Crippen molar-refractivity contribution >= 4 is 56.1 Å². The van der Waals surface area contributed by atoms with E-state index < -0.39 is 84.8 Å².